The second kappa shape index (κ2) is 16.2. The Morgan fingerprint density at radius 1 is 0.667 bits per heavy atom. The van der Waals surface area contributed by atoms with Crippen molar-refractivity contribution in [1.82, 2.24) is 20.8 Å². The molecule has 2 aromatic rings. The topological polar surface area (TPSA) is 176 Å². The highest BCUT2D eigenvalue weighted by Gasteiger charge is 2.34. The van der Waals surface area contributed by atoms with E-state index in [0.29, 0.717) is 62.1 Å². The van der Waals surface area contributed by atoms with Crippen LogP contribution in [0.25, 0.3) is 0 Å². The van der Waals surface area contributed by atoms with Crippen LogP contribution in [-0.4, -0.2) is 96.6 Å². The van der Waals surface area contributed by atoms with E-state index >= 15 is 0 Å². The molecule has 2 saturated heterocycles. The van der Waals surface area contributed by atoms with Crippen molar-refractivity contribution in [3.63, 3.8) is 0 Å². The molecule has 4 aliphatic heterocycles. The maximum atomic E-state index is 12.8. The molecule has 4 aliphatic rings. The number of nitrogens with one attached hydrogen (secondary N) is 2. The van der Waals surface area contributed by atoms with Crippen LogP contribution in [0.15, 0.2) is 36.4 Å². The summed E-state index contributed by atoms with van der Waals surface area (Å²) in [6, 6.07) is 9.65. The molecule has 6 rings (SSSR count). The van der Waals surface area contributed by atoms with Crippen LogP contribution in [0.5, 0.6) is 11.5 Å². The highest BCUT2D eigenvalue weighted by Crippen LogP contribution is 2.35. The second-order valence-corrected chi connectivity index (χ2v) is 12.3. The lowest BCUT2D eigenvalue weighted by Gasteiger charge is -2.32. The van der Waals surface area contributed by atoms with E-state index in [2.05, 4.69) is 0 Å². The number of rotatable bonds is 4. The molecule has 0 spiro atoms. The van der Waals surface area contributed by atoms with E-state index in [1.807, 2.05) is 23.6 Å². The number of hydroxylamine groups is 2. The summed E-state index contributed by atoms with van der Waals surface area (Å²) in [6.07, 6.45) is 3.52. The van der Waals surface area contributed by atoms with E-state index in [1.54, 1.807) is 47.4 Å². The number of amides is 4. The van der Waals surface area contributed by atoms with Gasteiger partial charge >= 0.3 is 0 Å². The van der Waals surface area contributed by atoms with Gasteiger partial charge in [0, 0.05) is 35.5 Å². The zero-order valence-electron chi connectivity index (χ0n) is 27.3. The van der Waals surface area contributed by atoms with Crippen LogP contribution in [-0.2, 0) is 19.1 Å². The molecular weight excluding hydrogens is 624 g/mol. The molecule has 2 aromatic carbocycles. The molecule has 0 saturated carbocycles. The molecule has 14 nitrogen and oxygen atoms in total. The average molecular weight is 669 g/mol. The van der Waals surface area contributed by atoms with Gasteiger partial charge in [-0.1, -0.05) is 12.1 Å². The van der Waals surface area contributed by atoms with E-state index in [0.717, 1.165) is 50.0 Å². The van der Waals surface area contributed by atoms with Crippen molar-refractivity contribution in [2.24, 2.45) is 11.8 Å². The number of hydrogen-bond acceptors (Lipinski definition) is 10. The predicted octanol–water partition coefficient (Wildman–Crippen LogP) is 3.03. The highest BCUT2D eigenvalue weighted by molar-refractivity contribution is 5.94. The summed E-state index contributed by atoms with van der Waals surface area (Å²) in [5.41, 5.74) is 5.55. The highest BCUT2D eigenvalue weighted by atomic mass is 16.5. The minimum atomic E-state index is -0.592. The Balaban J connectivity index is 0.000000188. The van der Waals surface area contributed by atoms with E-state index in [1.165, 1.54) is 0 Å². The maximum Gasteiger partial charge on any atom is 0.274 e. The Morgan fingerprint density at radius 3 is 1.44 bits per heavy atom. The van der Waals surface area contributed by atoms with Gasteiger partial charge in [0.15, 0.2) is 0 Å². The van der Waals surface area contributed by atoms with E-state index in [9.17, 15) is 19.2 Å². The smallest absolute Gasteiger partial charge is 0.274 e. The number of carbonyl (C=O) groups is 4. The monoisotopic (exact) mass is 668 g/mol. The van der Waals surface area contributed by atoms with Crippen molar-refractivity contribution < 1.29 is 48.5 Å². The summed E-state index contributed by atoms with van der Waals surface area (Å²) < 4.78 is 22.3. The van der Waals surface area contributed by atoms with Crippen LogP contribution in [0.4, 0.5) is 0 Å². The minimum Gasteiger partial charge on any atom is -0.491 e. The van der Waals surface area contributed by atoms with E-state index in [-0.39, 0.29) is 35.7 Å². The Labute approximate surface area is 279 Å². The molecule has 48 heavy (non-hydrogen) atoms. The first-order chi connectivity index (χ1) is 23.2. The fourth-order valence-corrected chi connectivity index (χ4v) is 6.59. The number of ether oxygens (including phenoxy) is 4. The largest absolute Gasteiger partial charge is 0.491 e. The van der Waals surface area contributed by atoms with E-state index in [4.69, 9.17) is 29.4 Å². The summed E-state index contributed by atoms with van der Waals surface area (Å²) in [5, 5.41) is 17.5. The third kappa shape index (κ3) is 7.89. The lowest BCUT2D eigenvalue weighted by Crippen LogP contribution is -2.41. The van der Waals surface area contributed by atoms with Crippen LogP contribution in [0.3, 0.4) is 0 Å². The molecule has 0 radical (unpaired) electrons. The lowest BCUT2D eigenvalue weighted by atomic mass is 9.98. The van der Waals surface area contributed by atoms with Gasteiger partial charge in [-0.3, -0.25) is 29.6 Å². The van der Waals surface area contributed by atoms with Crippen LogP contribution < -0.4 is 20.4 Å². The summed E-state index contributed by atoms with van der Waals surface area (Å²) in [7, 11) is 0. The first kappa shape index (κ1) is 35.1. The number of benzene rings is 2. The van der Waals surface area contributed by atoms with Crippen molar-refractivity contribution in [3.8, 4) is 11.5 Å². The van der Waals surface area contributed by atoms with Gasteiger partial charge in [-0.05, 0) is 63.8 Å². The molecule has 14 heteroatoms. The van der Waals surface area contributed by atoms with Crippen molar-refractivity contribution >= 4 is 23.6 Å². The Bertz CT molecular complexity index is 1360. The first-order valence-corrected chi connectivity index (χ1v) is 16.4. The normalized spacial score (nSPS) is 23.7. The average Bonchev–Trinajstić information content (AvgIpc) is 3.41. The first-order valence-electron chi connectivity index (χ1n) is 16.4. The van der Waals surface area contributed by atoms with Crippen molar-refractivity contribution in [1.29, 1.82) is 0 Å². The Hall–Kier alpha value is -4.24. The number of carbonyl (C=O) groups excluding carboxylic acids is 4. The maximum absolute atomic E-state index is 12.8. The van der Waals surface area contributed by atoms with Crippen LogP contribution in [0, 0.1) is 11.8 Å². The Kier molecular flexibility index (Phi) is 11.9. The van der Waals surface area contributed by atoms with Gasteiger partial charge in [0.05, 0.1) is 50.2 Å². The van der Waals surface area contributed by atoms with Crippen molar-refractivity contribution in [2.75, 3.05) is 52.7 Å². The third-order valence-corrected chi connectivity index (χ3v) is 9.35. The number of nitrogens with zero attached hydrogens (tertiary/aromatic N) is 2. The molecule has 4 atom stereocenters. The second-order valence-electron chi connectivity index (χ2n) is 12.3. The van der Waals surface area contributed by atoms with Gasteiger partial charge in [-0.15, -0.1) is 0 Å². The fourth-order valence-electron chi connectivity index (χ4n) is 6.59. The van der Waals surface area contributed by atoms with Gasteiger partial charge in [0.1, 0.15) is 24.7 Å². The number of hydrogen-bond donors (Lipinski definition) is 4. The molecule has 4 amide bonds. The molecule has 4 heterocycles. The third-order valence-electron chi connectivity index (χ3n) is 9.35. The van der Waals surface area contributed by atoms with Gasteiger partial charge in [0.25, 0.3) is 11.8 Å². The standard InChI is InChI=1S/2C17H22N2O5/c2*1-11-14-5-4-12(16(20)18-22)9-15(14)24-8-6-19(11)17(21)13-3-2-7-23-10-13/h2*4-5,9,11,13,22H,2-3,6-8,10H2,1H3,(H,18,20)/t2*11?,13-/m10/s1. The molecule has 260 valence electrons. The molecule has 2 fully saturated rings. The van der Waals surface area contributed by atoms with Crippen molar-refractivity contribution in [2.45, 2.75) is 51.6 Å². The minimum absolute atomic E-state index is 0.0934. The number of fused-ring (bicyclic) bond motifs is 2. The van der Waals surface area contributed by atoms with Gasteiger partial charge in [-0.2, -0.15) is 0 Å². The molecule has 2 unspecified atom stereocenters. The SMILES string of the molecule is CC1c2ccc(C(=O)NO)cc2OCCN1C(=O)[C@@H]1CCCOC1.CC1c2ccc(C(=O)NO)cc2OCCN1C(=O)[C@H]1CCCOC1. The summed E-state index contributed by atoms with van der Waals surface area (Å²) in [6.45, 7) is 8.03. The lowest BCUT2D eigenvalue weighted by molar-refractivity contribution is -0.142. The van der Waals surface area contributed by atoms with Crippen LogP contribution in [0.1, 0.15) is 83.5 Å². The predicted molar refractivity (Wildman–Crippen MR) is 170 cm³/mol. The van der Waals surface area contributed by atoms with Gasteiger partial charge in [-0.25, -0.2) is 11.0 Å². The fraction of sp³-hybridized carbons (Fsp3) is 0.529. The van der Waals surface area contributed by atoms with Crippen LogP contribution in [0.2, 0.25) is 0 Å². The summed E-state index contributed by atoms with van der Waals surface area (Å²) >= 11 is 0. The Morgan fingerprint density at radius 2 is 1.08 bits per heavy atom. The molecule has 0 bridgehead atoms. The zero-order valence-corrected chi connectivity index (χ0v) is 27.3. The molecular formula is C34H44N4O10. The molecule has 0 aromatic heterocycles. The molecule has 0 aliphatic carbocycles. The summed E-state index contributed by atoms with van der Waals surface area (Å²) in [4.78, 5) is 52.4. The summed E-state index contributed by atoms with van der Waals surface area (Å²) in [5.74, 6) is -0.0511. The van der Waals surface area contributed by atoms with E-state index < -0.39 is 11.8 Å². The van der Waals surface area contributed by atoms with Crippen molar-refractivity contribution in [3.05, 3.63) is 58.7 Å². The molecule has 4 N–H and O–H groups in total. The quantitative estimate of drug-likeness (QED) is 0.280. The zero-order chi connectivity index (χ0) is 34.2. The van der Waals surface area contributed by atoms with Gasteiger partial charge < -0.3 is 28.7 Å². The van der Waals surface area contributed by atoms with Crippen LogP contribution >= 0.6 is 0 Å². The van der Waals surface area contributed by atoms with Gasteiger partial charge in [0.2, 0.25) is 11.8 Å².